The Morgan fingerprint density at radius 1 is 0.850 bits per heavy atom. The van der Waals surface area contributed by atoms with Crippen molar-refractivity contribution >= 4 is 0 Å². The molecule has 120 valence electrons. The molecule has 1 atom stereocenters. The smallest absolute Gasteiger partial charge is 0.00797 e. The minimum absolute atomic E-state index is 0.788. The molecule has 1 aliphatic heterocycles. The van der Waals surface area contributed by atoms with Crippen LogP contribution in [0.15, 0.2) is 0 Å². The summed E-state index contributed by atoms with van der Waals surface area (Å²) in [6.07, 6.45) is 15.5. The summed E-state index contributed by atoms with van der Waals surface area (Å²) in [5.74, 6) is 0. The SMILES string of the molecule is CCCCCCCCCCNC1CCCN(CC)CC1. The molecule has 0 aromatic carbocycles. The van der Waals surface area contributed by atoms with Crippen LogP contribution in [-0.2, 0) is 0 Å². The zero-order valence-corrected chi connectivity index (χ0v) is 14.1. The third-order valence-electron chi connectivity index (χ3n) is 4.73. The number of nitrogens with zero attached hydrogens (tertiary/aromatic N) is 1. The van der Waals surface area contributed by atoms with Gasteiger partial charge in [-0.05, 0) is 51.9 Å². The van der Waals surface area contributed by atoms with Crippen LogP contribution in [0.5, 0.6) is 0 Å². The Labute approximate surface area is 127 Å². The molecule has 2 heteroatoms. The number of nitrogens with one attached hydrogen (secondary N) is 1. The first kappa shape index (κ1) is 18.0. The van der Waals surface area contributed by atoms with E-state index >= 15 is 0 Å². The highest BCUT2D eigenvalue weighted by atomic mass is 15.1. The second-order valence-electron chi connectivity index (χ2n) is 6.49. The first-order valence-electron chi connectivity index (χ1n) is 9.32. The molecular formula is C18H38N2. The molecule has 1 rings (SSSR count). The van der Waals surface area contributed by atoms with Crippen LogP contribution >= 0.6 is 0 Å². The van der Waals surface area contributed by atoms with E-state index in [1.807, 2.05) is 0 Å². The molecule has 2 nitrogen and oxygen atoms in total. The van der Waals surface area contributed by atoms with Gasteiger partial charge in [-0.1, -0.05) is 58.8 Å². The maximum Gasteiger partial charge on any atom is 0.00797 e. The normalized spacial score (nSPS) is 21.0. The summed E-state index contributed by atoms with van der Waals surface area (Å²) in [6.45, 7) is 9.65. The van der Waals surface area contributed by atoms with Crippen molar-refractivity contribution in [3.05, 3.63) is 0 Å². The van der Waals surface area contributed by atoms with Gasteiger partial charge in [-0.3, -0.25) is 0 Å². The lowest BCUT2D eigenvalue weighted by atomic mass is 10.1. The molecule has 1 fully saturated rings. The second-order valence-corrected chi connectivity index (χ2v) is 6.49. The van der Waals surface area contributed by atoms with Gasteiger partial charge >= 0.3 is 0 Å². The summed E-state index contributed by atoms with van der Waals surface area (Å²) in [4.78, 5) is 2.60. The molecule has 0 aromatic rings. The van der Waals surface area contributed by atoms with Crippen LogP contribution in [0.2, 0.25) is 0 Å². The minimum Gasteiger partial charge on any atom is -0.314 e. The Balaban J connectivity index is 1.88. The lowest BCUT2D eigenvalue weighted by molar-refractivity contribution is 0.297. The van der Waals surface area contributed by atoms with E-state index in [0.717, 1.165) is 6.04 Å². The van der Waals surface area contributed by atoms with Gasteiger partial charge in [0.25, 0.3) is 0 Å². The van der Waals surface area contributed by atoms with E-state index in [1.165, 1.54) is 96.8 Å². The fraction of sp³-hybridized carbons (Fsp3) is 1.00. The minimum atomic E-state index is 0.788. The second kappa shape index (κ2) is 12.6. The third kappa shape index (κ3) is 8.97. The zero-order chi connectivity index (χ0) is 14.5. The largest absolute Gasteiger partial charge is 0.314 e. The van der Waals surface area contributed by atoms with Crippen molar-refractivity contribution < 1.29 is 0 Å². The van der Waals surface area contributed by atoms with Crippen molar-refractivity contribution in [1.29, 1.82) is 0 Å². The van der Waals surface area contributed by atoms with Crippen LogP contribution in [0.3, 0.4) is 0 Å². The summed E-state index contributed by atoms with van der Waals surface area (Å²) in [5, 5.41) is 3.79. The van der Waals surface area contributed by atoms with Crippen molar-refractivity contribution in [3.63, 3.8) is 0 Å². The highest BCUT2D eigenvalue weighted by molar-refractivity contribution is 4.74. The zero-order valence-electron chi connectivity index (χ0n) is 14.1. The predicted molar refractivity (Wildman–Crippen MR) is 90.4 cm³/mol. The molecule has 1 saturated heterocycles. The fourth-order valence-electron chi connectivity index (χ4n) is 3.24. The van der Waals surface area contributed by atoms with Crippen LogP contribution in [0, 0.1) is 0 Å². The number of likely N-dealkylation sites (tertiary alicyclic amines) is 1. The Hall–Kier alpha value is -0.0800. The van der Waals surface area contributed by atoms with Gasteiger partial charge < -0.3 is 10.2 Å². The lowest BCUT2D eigenvalue weighted by Gasteiger charge is -2.18. The average molecular weight is 283 g/mol. The first-order valence-corrected chi connectivity index (χ1v) is 9.32. The van der Waals surface area contributed by atoms with Crippen LogP contribution in [0.4, 0.5) is 0 Å². The third-order valence-corrected chi connectivity index (χ3v) is 4.73. The summed E-state index contributed by atoms with van der Waals surface area (Å²) in [7, 11) is 0. The van der Waals surface area contributed by atoms with Crippen molar-refractivity contribution in [3.8, 4) is 0 Å². The number of rotatable bonds is 11. The van der Waals surface area contributed by atoms with Gasteiger partial charge in [0.1, 0.15) is 0 Å². The van der Waals surface area contributed by atoms with E-state index < -0.39 is 0 Å². The Morgan fingerprint density at radius 3 is 2.25 bits per heavy atom. The van der Waals surface area contributed by atoms with Crippen LogP contribution in [0.25, 0.3) is 0 Å². The molecular weight excluding hydrogens is 244 g/mol. The number of hydrogen-bond acceptors (Lipinski definition) is 2. The highest BCUT2D eigenvalue weighted by Crippen LogP contribution is 2.11. The van der Waals surface area contributed by atoms with Crippen molar-refractivity contribution in [2.75, 3.05) is 26.2 Å². The van der Waals surface area contributed by atoms with E-state index in [9.17, 15) is 0 Å². The standard InChI is InChI=1S/C18H38N2/c1-3-5-6-7-8-9-10-11-15-19-18-13-12-16-20(4-2)17-14-18/h18-19H,3-17H2,1-2H3. The molecule has 0 radical (unpaired) electrons. The monoisotopic (exact) mass is 282 g/mol. The molecule has 1 unspecified atom stereocenters. The molecule has 0 aromatic heterocycles. The molecule has 1 aliphatic rings. The first-order chi connectivity index (χ1) is 9.86. The molecule has 0 aliphatic carbocycles. The molecule has 1 N–H and O–H groups in total. The van der Waals surface area contributed by atoms with Gasteiger partial charge in [0.2, 0.25) is 0 Å². The number of hydrogen-bond donors (Lipinski definition) is 1. The van der Waals surface area contributed by atoms with Gasteiger partial charge in [0, 0.05) is 6.04 Å². The molecule has 0 amide bonds. The van der Waals surface area contributed by atoms with Crippen LogP contribution in [0.1, 0.15) is 84.5 Å². The van der Waals surface area contributed by atoms with Crippen LogP contribution < -0.4 is 5.32 Å². The van der Waals surface area contributed by atoms with Crippen molar-refractivity contribution in [2.24, 2.45) is 0 Å². The summed E-state index contributed by atoms with van der Waals surface area (Å²) >= 11 is 0. The Morgan fingerprint density at radius 2 is 1.55 bits per heavy atom. The molecule has 0 bridgehead atoms. The summed E-state index contributed by atoms with van der Waals surface area (Å²) in [6, 6.07) is 0.788. The molecule has 0 saturated carbocycles. The van der Waals surface area contributed by atoms with Crippen LogP contribution in [-0.4, -0.2) is 37.1 Å². The van der Waals surface area contributed by atoms with E-state index in [1.54, 1.807) is 0 Å². The van der Waals surface area contributed by atoms with Gasteiger partial charge in [0.15, 0.2) is 0 Å². The van der Waals surface area contributed by atoms with Gasteiger partial charge in [-0.25, -0.2) is 0 Å². The van der Waals surface area contributed by atoms with Gasteiger partial charge in [-0.15, -0.1) is 0 Å². The number of unbranched alkanes of at least 4 members (excludes halogenated alkanes) is 7. The van der Waals surface area contributed by atoms with Gasteiger partial charge in [0.05, 0.1) is 0 Å². The van der Waals surface area contributed by atoms with E-state index in [0.29, 0.717) is 0 Å². The maximum atomic E-state index is 3.79. The van der Waals surface area contributed by atoms with Crippen molar-refractivity contribution in [2.45, 2.75) is 90.5 Å². The molecule has 20 heavy (non-hydrogen) atoms. The topological polar surface area (TPSA) is 15.3 Å². The maximum absolute atomic E-state index is 3.79. The predicted octanol–water partition coefficient (Wildman–Crippen LogP) is 4.59. The average Bonchev–Trinajstić information content (AvgIpc) is 2.70. The molecule has 0 spiro atoms. The summed E-state index contributed by atoms with van der Waals surface area (Å²) < 4.78 is 0. The van der Waals surface area contributed by atoms with Gasteiger partial charge in [-0.2, -0.15) is 0 Å². The quantitative estimate of drug-likeness (QED) is 0.558. The van der Waals surface area contributed by atoms with Crippen molar-refractivity contribution in [1.82, 2.24) is 10.2 Å². The van der Waals surface area contributed by atoms with E-state index in [2.05, 4.69) is 24.1 Å². The molecule has 1 heterocycles. The Bertz CT molecular complexity index is 206. The summed E-state index contributed by atoms with van der Waals surface area (Å²) in [5.41, 5.74) is 0. The highest BCUT2D eigenvalue weighted by Gasteiger charge is 2.14. The van der Waals surface area contributed by atoms with E-state index in [-0.39, 0.29) is 0 Å². The fourth-order valence-corrected chi connectivity index (χ4v) is 3.24. The van der Waals surface area contributed by atoms with E-state index in [4.69, 9.17) is 0 Å². The lowest BCUT2D eigenvalue weighted by Crippen LogP contribution is -2.31. The Kier molecular flexibility index (Phi) is 11.4.